The molecule has 23 heavy (non-hydrogen) atoms. The van der Waals surface area contributed by atoms with Crippen LogP contribution in [0.3, 0.4) is 0 Å². The summed E-state index contributed by atoms with van der Waals surface area (Å²) in [6, 6.07) is 4.38. The molecule has 1 atom stereocenters. The Morgan fingerprint density at radius 1 is 1.43 bits per heavy atom. The first-order valence-electron chi connectivity index (χ1n) is 7.50. The van der Waals surface area contributed by atoms with Gasteiger partial charge in [-0.3, -0.25) is 10.1 Å². The number of hydrogen-bond donors (Lipinski definition) is 2. The number of sulfonamides is 1. The van der Waals surface area contributed by atoms with Crippen molar-refractivity contribution in [2.45, 2.75) is 30.2 Å². The van der Waals surface area contributed by atoms with Gasteiger partial charge in [0, 0.05) is 32.7 Å². The molecule has 9 heteroatoms. The zero-order valence-corrected chi connectivity index (χ0v) is 14.1. The van der Waals surface area contributed by atoms with Crippen LogP contribution in [-0.2, 0) is 10.0 Å². The second-order valence-corrected chi connectivity index (χ2v) is 7.88. The molecule has 8 nitrogen and oxygen atoms in total. The van der Waals surface area contributed by atoms with E-state index in [9.17, 15) is 18.5 Å². The van der Waals surface area contributed by atoms with E-state index in [0.717, 1.165) is 36.2 Å². The van der Waals surface area contributed by atoms with Crippen molar-refractivity contribution in [3.63, 3.8) is 0 Å². The van der Waals surface area contributed by atoms with Gasteiger partial charge < -0.3 is 10.6 Å². The summed E-state index contributed by atoms with van der Waals surface area (Å²) in [5, 5.41) is 17.6. The van der Waals surface area contributed by atoms with E-state index in [0.29, 0.717) is 18.3 Å². The summed E-state index contributed by atoms with van der Waals surface area (Å²) in [7, 11) is -0.911. The van der Waals surface area contributed by atoms with E-state index in [1.165, 1.54) is 26.2 Å². The molecule has 1 heterocycles. The molecule has 2 rings (SSSR count). The average molecular weight is 342 g/mol. The molecule has 0 amide bonds. The van der Waals surface area contributed by atoms with Crippen molar-refractivity contribution in [2.75, 3.05) is 32.5 Å². The maximum Gasteiger partial charge on any atom is 0.293 e. The molecular weight excluding hydrogens is 320 g/mol. The van der Waals surface area contributed by atoms with Gasteiger partial charge in [-0.2, -0.15) is 0 Å². The summed E-state index contributed by atoms with van der Waals surface area (Å²) in [5.74, 6) is 0. The minimum Gasteiger partial charge on any atom is -0.379 e. The summed E-state index contributed by atoms with van der Waals surface area (Å²) in [6.45, 7) is 1.61. The van der Waals surface area contributed by atoms with Crippen LogP contribution in [-0.4, -0.2) is 50.9 Å². The van der Waals surface area contributed by atoms with Gasteiger partial charge in [0.1, 0.15) is 5.69 Å². The highest BCUT2D eigenvalue weighted by Gasteiger charge is 2.23. The number of hydrogen-bond acceptors (Lipinski definition) is 6. The Balaban J connectivity index is 2.14. The minimum absolute atomic E-state index is 0.0859. The van der Waals surface area contributed by atoms with Crippen LogP contribution in [0, 0.1) is 10.1 Å². The standard InChI is InChI=1S/C14H22N4O4S/c1-17(2)23(21,22)12-5-6-13(14(10-12)18(19)20)16-9-7-11-4-3-8-15-11/h5-6,10-11,15-16H,3-4,7-9H2,1-2H3/t11-/m1/s1. The third-order valence-electron chi connectivity index (χ3n) is 3.92. The van der Waals surface area contributed by atoms with Gasteiger partial charge in [0.05, 0.1) is 9.82 Å². The molecule has 0 aromatic heterocycles. The van der Waals surface area contributed by atoms with E-state index < -0.39 is 14.9 Å². The smallest absolute Gasteiger partial charge is 0.293 e. The molecule has 0 radical (unpaired) electrons. The molecule has 0 saturated carbocycles. The monoisotopic (exact) mass is 342 g/mol. The fourth-order valence-electron chi connectivity index (χ4n) is 2.57. The highest BCUT2D eigenvalue weighted by Crippen LogP contribution is 2.28. The molecule has 1 aromatic carbocycles. The van der Waals surface area contributed by atoms with Crippen molar-refractivity contribution >= 4 is 21.4 Å². The lowest BCUT2D eigenvalue weighted by molar-refractivity contribution is -0.384. The summed E-state index contributed by atoms with van der Waals surface area (Å²) >= 11 is 0. The molecule has 1 saturated heterocycles. The van der Waals surface area contributed by atoms with E-state index in [-0.39, 0.29) is 10.6 Å². The maximum absolute atomic E-state index is 12.1. The lowest BCUT2D eigenvalue weighted by Gasteiger charge is -2.14. The second kappa shape index (κ2) is 7.24. The Morgan fingerprint density at radius 3 is 2.74 bits per heavy atom. The Labute approximate surface area is 136 Å². The fourth-order valence-corrected chi connectivity index (χ4v) is 3.49. The largest absolute Gasteiger partial charge is 0.379 e. The van der Waals surface area contributed by atoms with Crippen LogP contribution in [0.15, 0.2) is 23.1 Å². The summed E-state index contributed by atoms with van der Waals surface area (Å²) in [4.78, 5) is 10.6. The van der Waals surface area contributed by atoms with E-state index in [2.05, 4.69) is 10.6 Å². The number of benzene rings is 1. The van der Waals surface area contributed by atoms with Crippen molar-refractivity contribution in [1.29, 1.82) is 0 Å². The van der Waals surface area contributed by atoms with Crippen LogP contribution in [0.4, 0.5) is 11.4 Å². The molecule has 0 spiro atoms. The summed E-state index contributed by atoms with van der Waals surface area (Å²) in [6.07, 6.45) is 3.14. The van der Waals surface area contributed by atoms with Gasteiger partial charge >= 0.3 is 0 Å². The Bertz CT molecular complexity index is 669. The lowest BCUT2D eigenvalue weighted by atomic mass is 10.1. The van der Waals surface area contributed by atoms with Crippen LogP contribution in [0.25, 0.3) is 0 Å². The predicted molar refractivity (Wildman–Crippen MR) is 88.1 cm³/mol. The molecule has 0 bridgehead atoms. The Kier molecular flexibility index (Phi) is 5.55. The van der Waals surface area contributed by atoms with Gasteiger partial charge in [-0.1, -0.05) is 0 Å². The summed E-state index contributed by atoms with van der Waals surface area (Å²) in [5.41, 5.74) is 0.109. The maximum atomic E-state index is 12.1. The van der Waals surface area contributed by atoms with E-state index in [4.69, 9.17) is 0 Å². The first-order chi connectivity index (χ1) is 10.8. The molecule has 1 aliphatic rings. The normalized spacial score (nSPS) is 18.3. The zero-order valence-electron chi connectivity index (χ0n) is 13.3. The van der Waals surface area contributed by atoms with Gasteiger partial charge in [-0.25, -0.2) is 12.7 Å². The zero-order chi connectivity index (χ0) is 17.0. The number of anilines is 1. The van der Waals surface area contributed by atoms with Crippen LogP contribution in [0.1, 0.15) is 19.3 Å². The first kappa shape index (κ1) is 17.6. The van der Waals surface area contributed by atoms with Crippen LogP contribution in [0.5, 0.6) is 0 Å². The SMILES string of the molecule is CN(C)S(=O)(=O)c1ccc(NCC[C@H]2CCCN2)c([N+](=O)[O-])c1. The molecule has 2 N–H and O–H groups in total. The van der Waals surface area contributed by atoms with Gasteiger partial charge in [-0.15, -0.1) is 0 Å². The van der Waals surface area contributed by atoms with Crippen molar-refractivity contribution in [1.82, 2.24) is 9.62 Å². The minimum atomic E-state index is -3.69. The van der Waals surface area contributed by atoms with Gasteiger partial charge in [-0.05, 0) is 37.9 Å². The van der Waals surface area contributed by atoms with E-state index >= 15 is 0 Å². The van der Waals surface area contributed by atoms with E-state index in [1.54, 1.807) is 0 Å². The summed E-state index contributed by atoms with van der Waals surface area (Å²) < 4.78 is 25.2. The third-order valence-corrected chi connectivity index (χ3v) is 5.73. The van der Waals surface area contributed by atoms with Crippen molar-refractivity contribution in [3.8, 4) is 0 Å². The number of nitro groups is 1. The molecule has 0 aliphatic carbocycles. The molecule has 128 valence electrons. The van der Waals surface area contributed by atoms with Crippen molar-refractivity contribution in [3.05, 3.63) is 28.3 Å². The third kappa shape index (κ3) is 4.18. The molecule has 0 unspecified atom stereocenters. The van der Waals surface area contributed by atoms with Crippen molar-refractivity contribution in [2.24, 2.45) is 0 Å². The molecule has 1 aliphatic heterocycles. The topological polar surface area (TPSA) is 105 Å². The Hall–Kier alpha value is -1.71. The fraction of sp³-hybridized carbons (Fsp3) is 0.571. The quantitative estimate of drug-likeness (QED) is 0.573. The highest BCUT2D eigenvalue weighted by molar-refractivity contribution is 7.89. The number of nitro benzene ring substituents is 1. The molecule has 1 fully saturated rings. The average Bonchev–Trinajstić information content (AvgIpc) is 3.00. The Morgan fingerprint density at radius 2 is 2.17 bits per heavy atom. The molecule has 1 aromatic rings. The highest BCUT2D eigenvalue weighted by atomic mass is 32.2. The number of rotatable bonds is 7. The van der Waals surface area contributed by atoms with E-state index in [1.807, 2.05) is 0 Å². The van der Waals surface area contributed by atoms with Crippen molar-refractivity contribution < 1.29 is 13.3 Å². The van der Waals surface area contributed by atoms with Crippen LogP contribution in [0.2, 0.25) is 0 Å². The first-order valence-corrected chi connectivity index (χ1v) is 8.94. The number of nitrogens with zero attached hydrogens (tertiary/aromatic N) is 2. The second-order valence-electron chi connectivity index (χ2n) is 5.73. The van der Waals surface area contributed by atoms with Gasteiger partial charge in [0.2, 0.25) is 10.0 Å². The lowest BCUT2D eigenvalue weighted by Crippen LogP contribution is -2.24. The van der Waals surface area contributed by atoms with Crippen LogP contribution < -0.4 is 10.6 Å². The van der Waals surface area contributed by atoms with Gasteiger partial charge in [0.25, 0.3) is 5.69 Å². The van der Waals surface area contributed by atoms with Gasteiger partial charge in [0.15, 0.2) is 0 Å². The molecular formula is C14H22N4O4S. The number of nitrogens with one attached hydrogen (secondary N) is 2. The van der Waals surface area contributed by atoms with Crippen LogP contribution >= 0.6 is 0 Å². The predicted octanol–water partition coefficient (Wildman–Crippen LogP) is 1.40.